The van der Waals surface area contributed by atoms with Gasteiger partial charge in [0.15, 0.2) is 0 Å². The molecule has 2 aromatic carbocycles. The molecule has 0 spiro atoms. The van der Waals surface area contributed by atoms with E-state index in [1.807, 2.05) is 60.7 Å². The predicted octanol–water partition coefficient (Wildman–Crippen LogP) is 2.29. The van der Waals surface area contributed by atoms with Crippen molar-refractivity contribution in [2.45, 2.75) is 32.0 Å². The summed E-state index contributed by atoms with van der Waals surface area (Å²) in [7, 11) is 0. The summed E-state index contributed by atoms with van der Waals surface area (Å²) in [6, 6.07) is 17.9. The molecule has 0 bridgehead atoms. The average molecular weight is 377 g/mol. The lowest BCUT2D eigenvalue weighted by atomic mass is 10.1. The van der Waals surface area contributed by atoms with Gasteiger partial charge in [-0.1, -0.05) is 60.7 Å². The summed E-state index contributed by atoms with van der Waals surface area (Å²) in [5.74, 6) is -0.329. The molecule has 6 heteroatoms. The molecule has 144 valence electrons. The van der Waals surface area contributed by atoms with Crippen molar-refractivity contribution in [2.24, 2.45) is 0 Å². The number of amides is 4. The summed E-state index contributed by atoms with van der Waals surface area (Å²) in [5.41, 5.74) is 2.08. The third-order valence-electron chi connectivity index (χ3n) is 5.50. The number of carbonyl (C=O) groups excluding carboxylic acids is 3. The van der Waals surface area contributed by atoms with E-state index in [4.69, 9.17) is 0 Å². The number of urea groups is 1. The van der Waals surface area contributed by atoms with Crippen LogP contribution in [0.4, 0.5) is 4.79 Å². The van der Waals surface area contributed by atoms with E-state index in [0.717, 1.165) is 11.1 Å². The Bertz CT molecular complexity index is 884. The molecule has 4 rings (SSSR count). The molecule has 2 saturated heterocycles. The first kappa shape index (κ1) is 18.2. The second kappa shape index (κ2) is 7.46. The fourth-order valence-corrected chi connectivity index (χ4v) is 3.99. The maximum absolute atomic E-state index is 12.9. The third-order valence-corrected chi connectivity index (χ3v) is 5.50. The van der Waals surface area contributed by atoms with Gasteiger partial charge in [0.05, 0.1) is 6.54 Å². The van der Waals surface area contributed by atoms with E-state index in [-0.39, 0.29) is 24.4 Å². The van der Waals surface area contributed by atoms with Crippen LogP contribution in [0, 0.1) is 0 Å². The zero-order chi connectivity index (χ0) is 19.7. The van der Waals surface area contributed by atoms with Gasteiger partial charge in [-0.2, -0.15) is 0 Å². The van der Waals surface area contributed by atoms with Gasteiger partial charge in [0.25, 0.3) is 5.91 Å². The van der Waals surface area contributed by atoms with Crippen molar-refractivity contribution < 1.29 is 14.4 Å². The summed E-state index contributed by atoms with van der Waals surface area (Å²) in [5, 5.41) is 0. The summed E-state index contributed by atoms with van der Waals surface area (Å²) < 4.78 is 0. The standard InChI is InChI=1S/C22H23N3O3/c1-16-20(26)23(14-18-10-6-3-7-11-18)15-19-21(27)24(22(28)25(16)19)13-12-17-8-4-2-5-9-17/h2-11,16,19H,12-15H2,1H3. The zero-order valence-electron chi connectivity index (χ0n) is 15.8. The highest BCUT2D eigenvalue weighted by Crippen LogP contribution is 2.27. The van der Waals surface area contributed by atoms with E-state index in [9.17, 15) is 14.4 Å². The van der Waals surface area contributed by atoms with Crippen molar-refractivity contribution in [1.82, 2.24) is 14.7 Å². The van der Waals surface area contributed by atoms with Crippen LogP contribution in [0.2, 0.25) is 0 Å². The van der Waals surface area contributed by atoms with E-state index in [1.165, 1.54) is 9.80 Å². The van der Waals surface area contributed by atoms with Gasteiger partial charge in [0.1, 0.15) is 12.1 Å². The molecule has 2 atom stereocenters. The first-order valence-corrected chi connectivity index (χ1v) is 9.56. The van der Waals surface area contributed by atoms with Crippen molar-refractivity contribution in [3.05, 3.63) is 71.8 Å². The Kier molecular flexibility index (Phi) is 4.86. The number of fused-ring (bicyclic) bond motifs is 1. The van der Waals surface area contributed by atoms with Crippen LogP contribution in [0.25, 0.3) is 0 Å². The summed E-state index contributed by atoms with van der Waals surface area (Å²) in [6.45, 7) is 2.72. The van der Waals surface area contributed by atoms with Crippen molar-refractivity contribution in [3.8, 4) is 0 Å². The van der Waals surface area contributed by atoms with Crippen LogP contribution in [0.1, 0.15) is 18.1 Å². The van der Waals surface area contributed by atoms with Crippen molar-refractivity contribution in [2.75, 3.05) is 13.1 Å². The van der Waals surface area contributed by atoms with Crippen LogP contribution in [0.5, 0.6) is 0 Å². The smallest absolute Gasteiger partial charge is 0.328 e. The fraction of sp³-hybridized carbons (Fsp3) is 0.318. The zero-order valence-corrected chi connectivity index (χ0v) is 15.8. The summed E-state index contributed by atoms with van der Waals surface area (Å²) in [6.07, 6.45) is 0.606. The number of hydrogen-bond acceptors (Lipinski definition) is 3. The van der Waals surface area contributed by atoms with Gasteiger partial charge < -0.3 is 4.90 Å². The number of benzene rings is 2. The maximum Gasteiger partial charge on any atom is 0.328 e. The van der Waals surface area contributed by atoms with Crippen LogP contribution in [0.3, 0.4) is 0 Å². The predicted molar refractivity (Wildman–Crippen MR) is 104 cm³/mol. The van der Waals surface area contributed by atoms with Crippen LogP contribution in [-0.2, 0) is 22.6 Å². The molecule has 0 N–H and O–H groups in total. The third kappa shape index (κ3) is 3.26. The van der Waals surface area contributed by atoms with Crippen LogP contribution in [-0.4, -0.2) is 57.7 Å². The Morgan fingerprint density at radius 3 is 2.11 bits per heavy atom. The number of hydrogen-bond donors (Lipinski definition) is 0. The van der Waals surface area contributed by atoms with Gasteiger partial charge in [-0.15, -0.1) is 0 Å². The van der Waals surface area contributed by atoms with E-state index in [1.54, 1.807) is 11.8 Å². The molecular weight excluding hydrogens is 354 g/mol. The molecule has 0 saturated carbocycles. The van der Waals surface area contributed by atoms with E-state index in [0.29, 0.717) is 19.5 Å². The minimum Gasteiger partial charge on any atom is -0.334 e. The summed E-state index contributed by atoms with van der Waals surface area (Å²) in [4.78, 5) is 43.1. The molecule has 2 fully saturated rings. The maximum atomic E-state index is 12.9. The van der Waals surface area contributed by atoms with Crippen molar-refractivity contribution in [1.29, 1.82) is 0 Å². The molecule has 28 heavy (non-hydrogen) atoms. The number of rotatable bonds is 5. The second-order valence-electron chi connectivity index (χ2n) is 7.31. The molecule has 0 aromatic heterocycles. The van der Waals surface area contributed by atoms with Gasteiger partial charge in [0, 0.05) is 13.1 Å². The molecule has 2 heterocycles. The molecule has 0 aliphatic carbocycles. The highest BCUT2D eigenvalue weighted by Gasteiger charge is 2.52. The van der Waals surface area contributed by atoms with E-state index < -0.39 is 12.1 Å². The van der Waals surface area contributed by atoms with Crippen LogP contribution >= 0.6 is 0 Å². The van der Waals surface area contributed by atoms with Crippen molar-refractivity contribution in [3.63, 3.8) is 0 Å². The molecule has 2 aliphatic rings. The Hall–Kier alpha value is -3.15. The largest absolute Gasteiger partial charge is 0.334 e. The average Bonchev–Trinajstić information content (AvgIpc) is 2.95. The molecule has 2 aromatic rings. The molecule has 4 amide bonds. The van der Waals surface area contributed by atoms with Gasteiger partial charge in [-0.3, -0.25) is 19.4 Å². The topological polar surface area (TPSA) is 60.9 Å². The number of nitrogens with zero attached hydrogens (tertiary/aromatic N) is 3. The second-order valence-corrected chi connectivity index (χ2v) is 7.31. The van der Waals surface area contributed by atoms with E-state index in [2.05, 4.69) is 0 Å². The number of piperazine rings is 1. The number of imide groups is 1. The van der Waals surface area contributed by atoms with Crippen LogP contribution in [0.15, 0.2) is 60.7 Å². The normalized spacial score (nSPS) is 22.0. The molecular formula is C22H23N3O3. The minimum atomic E-state index is -0.638. The first-order valence-electron chi connectivity index (χ1n) is 9.56. The molecule has 2 unspecified atom stereocenters. The highest BCUT2D eigenvalue weighted by atomic mass is 16.2. The van der Waals surface area contributed by atoms with Gasteiger partial charge in [0.2, 0.25) is 5.91 Å². The summed E-state index contributed by atoms with van der Waals surface area (Å²) >= 11 is 0. The lowest BCUT2D eigenvalue weighted by Crippen LogP contribution is -2.60. The molecule has 6 nitrogen and oxygen atoms in total. The van der Waals surface area contributed by atoms with Crippen molar-refractivity contribution >= 4 is 17.8 Å². The lowest BCUT2D eigenvalue weighted by molar-refractivity contribution is -0.144. The van der Waals surface area contributed by atoms with Gasteiger partial charge in [-0.05, 0) is 24.5 Å². The molecule has 2 aliphatic heterocycles. The lowest BCUT2D eigenvalue weighted by Gasteiger charge is -2.39. The Labute approximate surface area is 164 Å². The van der Waals surface area contributed by atoms with Crippen LogP contribution < -0.4 is 0 Å². The van der Waals surface area contributed by atoms with Gasteiger partial charge >= 0.3 is 6.03 Å². The quantitative estimate of drug-likeness (QED) is 0.751. The van der Waals surface area contributed by atoms with Gasteiger partial charge in [-0.25, -0.2) is 4.79 Å². The number of carbonyl (C=O) groups is 3. The fourth-order valence-electron chi connectivity index (χ4n) is 3.99. The monoisotopic (exact) mass is 377 g/mol. The van der Waals surface area contributed by atoms with E-state index >= 15 is 0 Å². The Morgan fingerprint density at radius 2 is 1.46 bits per heavy atom. The highest BCUT2D eigenvalue weighted by molar-refractivity contribution is 6.07. The minimum absolute atomic E-state index is 0.119. The molecule has 0 radical (unpaired) electrons. The SMILES string of the molecule is CC1C(=O)N(Cc2ccccc2)CC2C(=O)N(CCc3ccccc3)C(=O)N12. The Morgan fingerprint density at radius 1 is 0.857 bits per heavy atom. The Balaban J connectivity index is 1.49. The first-order chi connectivity index (χ1) is 13.6.